The van der Waals surface area contributed by atoms with Crippen molar-refractivity contribution >= 4 is 11.8 Å². The molecule has 1 aromatic carbocycles. The average Bonchev–Trinajstić information content (AvgIpc) is 2.62. The second-order valence-corrected chi connectivity index (χ2v) is 6.57. The monoisotopic (exact) mass is 347 g/mol. The van der Waals surface area contributed by atoms with Crippen molar-refractivity contribution < 1.29 is 14.3 Å². The molecule has 1 aliphatic heterocycles. The molecular formula is C19H29N3O3. The number of nitrogens with two attached hydrogens (primary N) is 1. The molecule has 2 unspecified atom stereocenters. The van der Waals surface area contributed by atoms with Gasteiger partial charge in [0.15, 0.2) is 6.10 Å². The minimum Gasteiger partial charge on any atom is -0.481 e. The van der Waals surface area contributed by atoms with E-state index in [2.05, 4.69) is 0 Å². The predicted molar refractivity (Wildman–Crippen MR) is 97.3 cm³/mol. The first kappa shape index (κ1) is 19.2. The maximum atomic E-state index is 12.6. The van der Waals surface area contributed by atoms with E-state index in [0.717, 1.165) is 17.7 Å². The van der Waals surface area contributed by atoms with Crippen molar-refractivity contribution in [2.75, 3.05) is 26.2 Å². The van der Waals surface area contributed by atoms with Gasteiger partial charge in [-0.3, -0.25) is 9.59 Å². The predicted octanol–water partition coefficient (Wildman–Crippen LogP) is 1.56. The molecule has 1 saturated heterocycles. The van der Waals surface area contributed by atoms with Crippen LogP contribution in [-0.2, 0) is 9.59 Å². The molecule has 2 N–H and O–H groups in total. The number of ether oxygens (including phenoxy) is 1. The van der Waals surface area contributed by atoms with Crippen LogP contribution in [0.1, 0.15) is 32.3 Å². The molecule has 1 fully saturated rings. The third kappa shape index (κ3) is 4.95. The van der Waals surface area contributed by atoms with Crippen molar-refractivity contribution in [3.05, 3.63) is 29.8 Å². The molecule has 2 atom stereocenters. The normalized spacial score (nSPS) is 17.1. The maximum Gasteiger partial charge on any atom is 0.263 e. The van der Waals surface area contributed by atoms with Gasteiger partial charge in [0.05, 0.1) is 6.04 Å². The van der Waals surface area contributed by atoms with Crippen LogP contribution in [0.3, 0.4) is 0 Å². The number of rotatable bonds is 6. The van der Waals surface area contributed by atoms with Crippen LogP contribution in [0.5, 0.6) is 5.75 Å². The second kappa shape index (κ2) is 8.85. The first-order valence-corrected chi connectivity index (χ1v) is 8.99. The van der Waals surface area contributed by atoms with Crippen molar-refractivity contribution in [2.24, 2.45) is 5.73 Å². The van der Waals surface area contributed by atoms with Gasteiger partial charge in [-0.2, -0.15) is 0 Å². The van der Waals surface area contributed by atoms with Crippen LogP contribution in [0, 0.1) is 6.92 Å². The van der Waals surface area contributed by atoms with Crippen LogP contribution in [0.15, 0.2) is 24.3 Å². The summed E-state index contributed by atoms with van der Waals surface area (Å²) in [5.74, 6) is 0.661. The molecule has 1 heterocycles. The molecule has 6 nitrogen and oxygen atoms in total. The van der Waals surface area contributed by atoms with Gasteiger partial charge in [0, 0.05) is 26.2 Å². The fraction of sp³-hybridized carbons (Fsp3) is 0.579. The summed E-state index contributed by atoms with van der Waals surface area (Å²) in [6.07, 6.45) is 1.03. The highest BCUT2D eigenvalue weighted by Crippen LogP contribution is 2.19. The zero-order valence-corrected chi connectivity index (χ0v) is 15.4. The first-order chi connectivity index (χ1) is 11.9. The molecule has 1 aromatic rings. The highest BCUT2D eigenvalue weighted by molar-refractivity contribution is 5.83. The molecule has 138 valence electrons. The van der Waals surface area contributed by atoms with Gasteiger partial charge in [-0.1, -0.05) is 31.5 Å². The summed E-state index contributed by atoms with van der Waals surface area (Å²) in [6, 6.07) is 7.22. The quantitative estimate of drug-likeness (QED) is 0.847. The van der Waals surface area contributed by atoms with Gasteiger partial charge in [0.2, 0.25) is 5.91 Å². The number of carbonyl (C=O) groups is 2. The van der Waals surface area contributed by atoms with Crippen LogP contribution < -0.4 is 10.5 Å². The molecular weight excluding hydrogens is 318 g/mol. The third-order valence-electron chi connectivity index (χ3n) is 4.56. The number of aryl methyl sites for hydroxylation is 1. The van der Waals surface area contributed by atoms with Crippen LogP contribution in [0.25, 0.3) is 0 Å². The standard InChI is InChI=1S/C19H29N3O3/c1-4-7-16(20)19(24)22-12-10-21(11-13-22)18(23)15(3)25-17-9-6-5-8-14(17)2/h5-6,8-9,15-16H,4,7,10-13,20H2,1-3H3. The van der Waals surface area contributed by atoms with Gasteiger partial charge >= 0.3 is 0 Å². The summed E-state index contributed by atoms with van der Waals surface area (Å²) in [7, 11) is 0. The molecule has 0 bridgehead atoms. The van der Waals surface area contributed by atoms with E-state index in [-0.39, 0.29) is 11.8 Å². The lowest BCUT2D eigenvalue weighted by atomic mass is 10.1. The van der Waals surface area contributed by atoms with E-state index in [1.54, 1.807) is 16.7 Å². The summed E-state index contributed by atoms with van der Waals surface area (Å²) in [4.78, 5) is 28.4. The zero-order chi connectivity index (χ0) is 18.4. The Balaban J connectivity index is 1.86. The third-order valence-corrected chi connectivity index (χ3v) is 4.56. The summed E-state index contributed by atoms with van der Waals surface area (Å²) in [5.41, 5.74) is 6.91. The Morgan fingerprint density at radius 3 is 2.24 bits per heavy atom. The number of benzene rings is 1. The van der Waals surface area contributed by atoms with E-state index in [4.69, 9.17) is 10.5 Å². The Kier molecular flexibility index (Phi) is 6.82. The van der Waals surface area contributed by atoms with E-state index in [1.165, 1.54) is 0 Å². The maximum absolute atomic E-state index is 12.6. The highest BCUT2D eigenvalue weighted by atomic mass is 16.5. The van der Waals surface area contributed by atoms with Gasteiger partial charge in [-0.25, -0.2) is 0 Å². The lowest BCUT2D eigenvalue weighted by Crippen LogP contribution is -2.56. The van der Waals surface area contributed by atoms with Gasteiger partial charge in [-0.15, -0.1) is 0 Å². The molecule has 0 aromatic heterocycles. The number of carbonyl (C=O) groups excluding carboxylic acids is 2. The summed E-state index contributed by atoms with van der Waals surface area (Å²) in [6.45, 7) is 7.83. The van der Waals surface area contributed by atoms with Crippen LogP contribution in [-0.4, -0.2) is 59.9 Å². The molecule has 0 spiro atoms. The summed E-state index contributed by atoms with van der Waals surface area (Å²) in [5, 5.41) is 0. The minimum atomic E-state index is -0.550. The Morgan fingerprint density at radius 2 is 1.68 bits per heavy atom. The molecule has 2 rings (SSSR count). The van der Waals surface area contributed by atoms with E-state index < -0.39 is 12.1 Å². The number of nitrogens with zero attached hydrogens (tertiary/aromatic N) is 2. The Bertz CT molecular complexity index is 597. The van der Waals surface area contributed by atoms with Gasteiger partial charge < -0.3 is 20.3 Å². The van der Waals surface area contributed by atoms with Crippen LogP contribution in [0.2, 0.25) is 0 Å². The number of amides is 2. The van der Waals surface area contributed by atoms with Crippen LogP contribution in [0.4, 0.5) is 0 Å². The van der Waals surface area contributed by atoms with Crippen LogP contribution >= 0.6 is 0 Å². The van der Waals surface area contributed by atoms with Crippen molar-refractivity contribution in [2.45, 2.75) is 45.8 Å². The number of hydrogen-bond acceptors (Lipinski definition) is 4. The fourth-order valence-corrected chi connectivity index (χ4v) is 3.00. The van der Waals surface area contributed by atoms with Crippen molar-refractivity contribution in [1.82, 2.24) is 9.80 Å². The second-order valence-electron chi connectivity index (χ2n) is 6.57. The SMILES string of the molecule is CCCC(N)C(=O)N1CCN(C(=O)C(C)Oc2ccccc2C)CC1. The summed E-state index contributed by atoms with van der Waals surface area (Å²) < 4.78 is 5.81. The lowest BCUT2D eigenvalue weighted by Gasteiger charge is -2.36. The Hall–Kier alpha value is -2.08. The summed E-state index contributed by atoms with van der Waals surface area (Å²) >= 11 is 0. The molecule has 0 aliphatic carbocycles. The zero-order valence-electron chi connectivity index (χ0n) is 15.4. The van der Waals surface area contributed by atoms with E-state index >= 15 is 0 Å². The Morgan fingerprint density at radius 1 is 1.12 bits per heavy atom. The van der Waals surface area contributed by atoms with Gasteiger partial charge in [-0.05, 0) is 31.9 Å². The van der Waals surface area contributed by atoms with Crippen molar-refractivity contribution in [3.8, 4) is 5.75 Å². The molecule has 1 aliphatic rings. The lowest BCUT2D eigenvalue weighted by molar-refractivity contribution is -0.144. The topological polar surface area (TPSA) is 75.9 Å². The molecule has 2 amide bonds. The molecule has 6 heteroatoms. The Labute approximate surface area is 149 Å². The molecule has 0 saturated carbocycles. The minimum absolute atomic E-state index is 0.0156. The smallest absolute Gasteiger partial charge is 0.263 e. The van der Waals surface area contributed by atoms with Gasteiger partial charge in [0.1, 0.15) is 5.75 Å². The largest absolute Gasteiger partial charge is 0.481 e. The van der Waals surface area contributed by atoms with E-state index in [9.17, 15) is 9.59 Å². The first-order valence-electron chi connectivity index (χ1n) is 8.99. The number of hydrogen-bond donors (Lipinski definition) is 1. The molecule has 0 radical (unpaired) electrons. The number of para-hydroxylation sites is 1. The van der Waals surface area contributed by atoms with Crippen molar-refractivity contribution in [1.29, 1.82) is 0 Å². The highest BCUT2D eigenvalue weighted by Gasteiger charge is 2.29. The average molecular weight is 347 g/mol. The van der Waals surface area contributed by atoms with Crippen molar-refractivity contribution in [3.63, 3.8) is 0 Å². The molecule has 25 heavy (non-hydrogen) atoms. The fourth-order valence-electron chi connectivity index (χ4n) is 3.00. The van der Waals surface area contributed by atoms with Gasteiger partial charge in [0.25, 0.3) is 5.91 Å². The number of piperazine rings is 1. The van der Waals surface area contributed by atoms with E-state index in [1.807, 2.05) is 38.1 Å². The van der Waals surface area contributed by atoms with E-state index in [0.29, 0.717) is 32.6 Å².